The summed E-state index contributed by atoms with van der Waals surface area (Å²) in [5, 5.41) is 3.95. The number of carbonyl (C=O) groups excluding carboxylic acids is 2. The van der Waals surface area contributed by atoms with E-state index in [0.29, 0.717) is 32.8 Å². The van der Waals surface area contributed by atoms with Gasteiger partial charge in [-0.3, -0.25) is 9.78 Å². The molecule has 0 fully saturated rings. The lowest BCUT2D eigenvalue weighted by Crippen LogP contribution is -2.18. The zero-order valence-electron chi connectivity index (χ0n) is 18.0. The molecule has 10 heteroatoms. The molecule has 0 saturated heterocycles. The lowest BCUT2D eigenvalue weighted by Gasteiger charge is -2.14. The Kier molecular flexibility index (Phi) is 7.98. The Hall–Kier alpha value is -3.92. The summed E-state index contributed by atoms with van der Waals surface area (Å²) < 4.78 is 22.1. The molecule has 3 aromatic rings. The van der Waals surface area contributed by atoms with Crippen LogP contribution in [0.3, 0.4) is 0 Å². The highest BCUT2D eigenvalue weighted by atomic mass is 79.9. The van der Waals surface area contributed by atoms with E-state index in [2.05, 4.69) is 31.4 Å². The van der Waals surface area contributed by atoms with Gasteiger partial charge in [0.05, 0.1) is 38.7 Å². The number of halogens is 1. The Labute approximate surface area is 198 Å². The first kappa shape index (κ1) is 23.7. The van der Waals surface area contributed by atoms with E-state index in [4.69, 9.17) is 18.9 Å². The molecule has 0 aliphatic rings. The van der Waals surface area contributed by atoms with Crippen molar-refractivity contribution in [2.45, 2.75) is 0 Å². The van der Waals surface area contributed by atoms with Gasteiger partial charge >= 0.3 is 5.97 Å². The molecule has 1 heterocycles. The van der Waals surface area contributed by atoms with Crippen molar-refractivity contribution in [1.29, 1.82) is 0 Å². The molecule has 0 aliphatic heterocycles. The Morgan fingerprint density at radius 2 is 1.64 bits per heavy atom. The number of methoxy groups -OCH3 is 3. The van der Waals surface area contributed by atoms with Gasteiger partial charge in [0, 0.05) is 22.4 Å². The molecule has 1 aromatic heterocycles. The number of nitrogens with zero attached hydrogens (tertiary/aromatic N) is 2. The Morgan fingerprint density at radius 1 is 0.939 bits per heavy atom. The Bertz CT molecular complexity index is 1170. The van der Waals surface area contributed by atoms with Crippen molar-refractivity contribution in [2.24, 2.45) is 5.10 Å². The lowest BCUT2D eigenvalue weighted by molar-refractivity contribution is 0.0733. The second-order valence-corrected chi connectivity index (χ2v) is 7.35. The van der Waals surface area contributed by atoms with Gasteiger partial charge in [-0.2, -0.15) is 5.10 Å². The van der Waals surface area contributed by atoms with E-state index in [9.17, 15) is 9.59 Å². The van der Waals surface area contributed by atoms with E-state index >= 15 is 0 Å². The van der Waals surface area contributed by atoms with Crippen LogP contribution in [0.15, 0.2) is 64.4 Å². The van der Waals surface area contributed by atoms with Crippen LogP contribution in [0.1, 0.15) is 26.3 Å². The maximum atomic E-state index is 12.8. The number of esters is 1. The normalized spacial score (nSPS) is 10.5. The van der Waals surface area contributed by atoms with Gasteiger partial charge in [-0.25, -0.2) is 10.2 Å². The molecule has 0 radical (unpaired) electrons. The number of hydrogen-bond donors (Lipinski definition) is 1. The molecule has 0 bridgehead atoms. The fourth-order valence-corrected chi connectivity index (χ4v) is 3.16. The smallest absolute Gasteiger partial charge is 0.343 e. The van der Waals surface area contributed by atoms with Gasteiger partial charge in [0.15, 0.2) is 11.5 Å². The third-order valence-electron chi connectivity index (χ3n) is 4.36. The standard InChI is InChI=1S/C23H20BrN3O6/c1-30-19-9-15(10-20(31-2)21(19)32-3)23(29)33-18-7-5-4-6-14(18)12-26-27-22(28)16-8-17(24)13-25-11-16/h4-13H,1-3H3,(H,27,28)/b26-12-. The zero-order chi connectivity index (χ0) is 23.8. The summed E-state index contributed by atoms with van der Waals surface area (Å²) in [6, 6.07) is 11.4. The summed E-state index contributed by atoms with van der Waals surface area (Å²) in [5.74, 6) is 0.178. The Morgan fingerprint density at radius 3 is 2.27 bits per heavy atom. The molecule has 2 aromatic carbocycles. The van der Waals surface area contributed by atoms with E-state index in [1.54, 1.807) is 36.5 Å². The van der Waals surface area contributed by atoms with Crippen LogP contribution in [0.4, 0.5) is 0 Å². The predicted molar refractivity (Wildman–Crippen MR) is 124 cm³/mol. The van der Waals surface area contributed by atoms with Crippen LogP contribution in [0.2, 0.25) is 0 Å². The summed E-state index contributed by atoms with van der Waals surface area (Å²) in [6.07, 6.45) is 4.36. The van der Waals surface area contributed by atoms with E-state index in [1.807, 2.05) is 0 Å². The first-order valence-electron chi connectivity index (χ1n) is 9.52. The molecule has 0 unspecified atom stereocenters. The number of carbonyl (C=O) groups is 2. The fourth-order valence-electron chi connectivity index (χ4n) is 2.80. The number of para-hydroxylation sites is 1. The molecule has 9 nitrogen and oxygen atoms in total. The van der Waals surface area contributed by atoms with Crippen LogP contribution < -0.4 is 24.4 Å². The highest BCUT2D eigenvalue weighted by molar-refractivity contribution is 9.10. The zero-order valence-corrected chi connectivity index (χ0v) is 19.6. The minimum Gasteiger partial charge on any atom is -0.493 e. The van der Waals surface area contributed by atoms with Crippen molar-refractivity contribution in [3.8, 4) is 23.0 Å². The molecule has 170 valence electrons. The minimum absolute atomic E-state index is 0.201. The van der Waals surface area contributed by atoms with Gasteiger partial charge in [-0.15, -0.1) is 0 Å². The van der Waals surface area contributed by atoms with E-state index in [-0.39, 0.29) is 11.3 Å². The van der Waals surface area contributed by atoms with Crippen LogP contribution in [0.5, 0.6) is 23.0 Å². The number of ether oxygens (including phenoxy) is 4. The first-order chi connectivity index (χ1) is 16.0. The van der Waals surface area contributed by atoms with E-state index in [1.165, 1.54) is 45.9 Å². The second-order valence-electron chi connectivity index (χ2n) is 6.43. The summed E-state index contributed by atoms with van der Waals surface area (Å²) >= 11 is 3.26. The average Bonchev–Trinajstić information content (AvgIpc) is 2.83. The minimum atomic E-state index is -0.639. The van der Waals surface area contributed by atoms with Crippen LogP contribution in [0, 0.1) is 0 Å². The van der Waals surface area contributed by atoms with Crippen LogP contribution in [0.25, 0.3) is 0 Å². The number of hydrazone groups is 1. The molecule has 0 saturated carbocycles. The number of hydrogen-bond acceptors (Lipinski definition) is 8. The van der Waals surface area contributed by atoms with Crippen LogP contribution in [-0.4, -0.2) is 44.4 Å². The maximum absolute atomic E-state index is 12.8. The summed E-state index contributed by atoms with van der Waals surface area (Å²) in [4.78, 5) is 28.9. The first-order valence-corrected chi connectivity index (χ1v) is 10.3. The highest BCUT2D eigenvalue weighted by Crippen LogP contribution is 2.38. The Balaban J connectivity index is 1.77. The number of aromatic nitrogens is 1. The lowest BCUT2D eigenvalue weighted by atomic mass is 10.1. The average molecular weight is 514 g/mol. The van der Waals surface area contributed by atoms with Gasteiger partial charge < -0.3 is 18.9 Å². The third-order valence-corrected chi connectivity index (χ3v) is 4.79. The summed E-state index contributed by atoms with van der Waals surface area (Å²) in [7, 11) is 4.38. The van der Waals surface area contributed by atoms with Crippen molar-refractivity contribution in [2.75, 3.05) is 21.3 Å². The topological polar surface area (TPSA) is 108 Å². The molecular weight excluding hydrogens is 494 g/mol. The number of nitrogens with one attached hydrogen (secondary N) is 1. The number of amides is 1. The van der Waals surface area contributed by atoms with Gasteiger partial charge in [0.1, 0.15) is 5.75 Å². The third kappa shape index (κ3) is 5.86. The summed E-state index contributed by atoms with van der Waals surface area (Å²) in [6.45, 7) is 0. The summed E-state index contributed by atoms with van der Waals surface area (Å²) in [5.41, 5.74) is 3.43. The van der Waals surface area contributed by atoms with Crippen LogP contribution >= 0.6 is 15.9 Å². The molecule has 1 amide bonds. The fraction of sp³-hybridized carbons (Fsp3) is 0.130. The molecule has 1 N–H and O–H groups in total. The van der Waals surface area contributed by atoms with Crippen molar-refractivity contribution in [3.63, 3.8) is 0 Å². The van der Waals surface area contributed by atoms with Crippen LogP contribution in [-0.2, 0) is 0 Å². The largest absolute Gasteiger partial charge is 0.493 e. The van der Waals surface area contributed by atoms with Gasteiger partial charge in [-0.1, -0.05) is 12.1 Å². The molecule has 0 atom stereocenters. The van der Waals surface area contributed by atoms with Crippen molar-refractivity contribution >= 4 is 34.0 Å². The molecule has 0 aliphatic carbocycles. The number of benzene rings is 2. The SMILES string of the molecule is COc1cc(C(=O)Oc2ccccc2/C=N\NC(=O)c2cncc(Br)c2)cc(OC)c1OC. The maximum Gasteiger partial charge on any atom is 0.343 e. The van der Waals surface area contributed by atoms with E-state index in [0.717, 1.165) is 0 Å². The van der Waals surface area contributed by atoms with Crippen molar-refractivity contribution in [1.82, 2.24) is 10.4 Å². The quantitative estimate of drug-likeness (QED) is 0.211. The number of pyridine rings is 1. The van der Waals surface area contributed by atoms with Gasteiger partial charge in [-0.05, 0) is 46.3 Å². The monoisotopic (exact) mass is 513 g/mol. The predicted octanol–water partition coefficient (Wildman–Crippen LogP) is 3.85. The molecular formula is C23H20BrN3O6. The van der Waals surface area contributed by atoms with E-state index < -0.39 is 11.9 Å². The number of rotatable bonds is 8. The van der Waals surface area contributed by atoms with Gasteiger partial charge in [0.25, 0.3) is 5.91 Å². The van der Waals surface area contributed by atoms with Crippen molar-refractivity contribution in [3.05, 3.63) is 76.0 Å². The van der Waals surface area contributed by atoms with Crippen molar-refractivity contribution < 1.29 is 28.5 Å². The highest BCUT2D eigenvalue weighted by Gasteiger charge is 2.19. The van der Waals surface area contributed by atoms with Gasteiger partial charge in [0.2, 0.25) is 5.75 Å². The molecule has 3 rings (SSSR count). The molecule has 0 spiro atoms. The second kappa shape index (κ2) is 11.1. The molecule has 33 heavy (non-hydrogen) atoms.